The van der Waals surface area contributed by atoms with Gasteiger partial charge in [0.05, 0.1) is 11.0 Å². The van der Waals surface area contributed by atoms with Crippen LogP contribution in [-0.4, -0.2) is 22.9 Å². The molecule has 3 aromatic rings. The number of amides is 1. The number of nitrogens with zero attached hydrogens (tertiary/aromatic N) is 1. The maximum absolute atomic E-state index is 12.8. The van der Waals surface area contributed by atoms with E-state index in [1.807, 2.05) is 0 Å². The molecule has 0 atom stereocenters. The molecule has 0 saturated heterocycles. The highest BCUT2D eigenvalue weighted by Crippen LogP contribution is 2.39. The Balaban J connectivity index is 1.98. The molecule has 0 fully saturated rings. The van der Waals surface area contributed by atoms with Crippen molar-refractivity contribution >= 4 is 45.5 Å². The third-order valence-corrected chi connectivity index (χ3v) is 5.29. The number of hydrogen-bond acceptors (Lipinski definition) is 6. The van der Waals surface area contributed by atoms with Crippen LogP contribution in [-0.2, 0) is 4.74 Å². The minimum Gasteiger partial charge on any atom is -0.459 e. The molecular weight excluding hydrogens is 428 g/mol. The van der Waals surface area contributed by atoms with Crippen LogP contribution < -0.4 is 5.32 Å². The molecule has 1 aromatic heterocycles. The summed E-state index contributed by atoms with van der Waals surface area (Å²) in [5.74, 6) is -1.09. The molecule has 0 spiro atoms. The van der Waals surface area contributed by atoms with E-state index < -0.39 is 16.8 Å². The van der Waals surface area contributed by atoms with Crippen LogP contribution in [0.15, 0.2) is 53.9 Å². The molecule has 30 heavy (non-hydrogen) atoms. The molecule has 0 radical (unpaired) electrons. The largest absolute Gasteiger partial charge is 0.459 e. The Morgan fingerprint density at radius 2 is 1.77 bits per heavy atom. The van der Waals surface area contributed by atoms with Gasteiger partial charge in [0.1, 0.15) is 10.6 Å². The zero-order chi connectivity index (χ0) is 21.8. The first-order chi connectivity index (χ1) is 14.3. The van der Waals surface area contributed by atoms with Gasteiger partial charge in [-0.25, -0.2) is 4.79 Å². The SMILES string of the molecule is CC(C)OC(=O)c1c(-c2ccccc2Cl)csc1NC(=O)c1ccc([N+](=O)[O-])cc1. The molecule has 7 nitrogen and oxygen atoms in total. The number of rotatable bonds is 6. The Kier molecular flexibility index (Phi) is 6.49. The predicted octanol–water partition coefficient (Wildman–Crippen LogP) is 5.79. The first-order valence-electron chi connectivity index (χ1n) is 8.91. The lowest BCUT2D eigenvalue weighted by molar-refractivity contribution is -0.384. The van der Waals surface area contributed by atoms with E-state index in [2.05, 4.69) is 5.32 Å². The number of carbonyl (C=O) groups excluding carboxylic acids is 2. The van der Waals surface area contributed by atoms with E-state index >= 15 is 0 Å². The number of carbonyl (C=O) groups is 2. The number of thiophene rings is 1. The fraction of sp³-hybridized carbons (Fsp3) is 0.143. The Hall–Kier alpha value is -3.23. The Morgan fingerprint density at radius 3 is 2.37 bits per heavy atom. The number of hydrogen-bond donors (Lipinski definition) is 1. The van der Waals surface area contributed by atoms with Gasteiger partial charge in [-0.1, -0.05) is 29.8 Å². The molecule has 1 heterocycles. The molecule has 0 aliphatic heterocycles. The van der Waals surface area contributed by atoms with E-state index in [0.29, 0.717) is 21.2 Å². The molecule has 0 unspecified atom stereocenters. The number of esters is 1. The summed E-state index contributed by atoms with van der Waals surface area (Å²) >= 11 is 7.47. The number of benzene rings is 2. The predicted molar refractivity (Wildman–Crippen MR) is 116 cm³/mol. The quantitative estimate of drug-likeness (QED) is 0.294. The third kappa shape index (κ3) is 4.67. The molecular formula is C21H17ClN2O5S. The van der Waals surface area contributed by atoms with Crippen molar-refractivity contribution in [2.24, 2.45) is 0 Å². The van der Waals surface area contributed by atoms with Gasteiger partial charge in [-0.05, 0) is 32.0 Å². The van der Waals surface area contributed by atoms with Crippen molar-refractivity contribution in [2.75, 3.05) is 5.32 Å². The Labute approximate surface area is 181 Å². The van der Waals surface area contributed by atoms with Crippen LogP contribution in [0.5, 0.6) is 0 Å². The first-order valence-corrected chi connectivity index (χ1v) is 10.2. The fourth-order valence-electron chi connectivity index (χ4n) is 2.71. The second-order valence-corrected chi connectivity index (χ2v) is 7.83. The average molecular weight is 445 g/mol. The molecule has 9 heteroatoms. The Morgan fingerprint density at radius 1 is 1.10 bits per heavy atom. The van der Waals surface area contributed by atoms with Gasteiger partial charge in [-0.15, -0.1) is 11.3 Å². The summed E-state index contributed by atoms with van der Waals surface area (Å²) in [7, 11) is 0. The molecule has 1 amide bonds. The second-order valence-electron chi connectivity index (χ2n) is 6.55. The van der Waals surface area contributed by atoms with Crippen molar-refractivity contribution in [1.82, 2.24) is 0 Å². The minimum absolute atomic E-state index is 0.120. The lowest BCUT2D eigenvalue weighted by Crippen LogP contribution is -2.16. The maximum atomic E-state index is 12.8. The average Bonchev–Trinajstić information content (AvgIpc) is 3.11. The highest BCUT2D eigenvalue weighted by atomic mass is 35.5. The van der Waals surface area contributed by atoms with Crippen molar-refractivity contribution in [3.8, 4) is 11.1 Å². The topological polar surface area (TPSA) is 98.5 Å². The van der Waals surface area contributed by atoms with Crippen LogP contribution in [0.3, 0.4) is 0 Å². The number of nitro benzene ring substituents is 1. The number of anilines is 1. The highest BCUT2D eigenvalue weighted by molar-refractivity contribution is 7.15. The lowest BCUT2D eigenvalue weighted by atomic mass is 10.0. The Bertz CT molecular complexity index is 1110. The van der Waals surface area contributed by atoms with Gasteiger partial charge >= 0.3 is 5.97 Å². The standard InChI is InChI=1S/C21H17ClN2O5S/c1-12(2)29-21(26)18-16(15-5-3-4-6-17(15)22)11-30-20(18)23-19(25)13-7-9-14(10-8-13)24(27)28/h3-12H,1-2H3,(H,23,25). The van der Waals surface area contributed by atoms with Gasteiger partial charge in [0.25, 0.3) is 11.6 Å². The third-order valence-electron chi connectivity index (χ3n) is 4.07. The summed E-state index contributed by atoms with van der Waals surface area (Å²) in [4.78, 5) is 35.7. The van der Waals surface area contributed by atoms with Crippen LogP contribution in [0.1, 0.15) is 34.6 Å². The van der Waals surface area contributed by atoms with E-state index in [1.54, 1.807) is 43.5 Å². The number of non-ortho nitro benzene ring substituents is 1. The summed E-state index contributed by atoms with van der Waals surface area (Å²) in [5, 5.41) is 16.0. The van der Waals surface area contributed by atoms with E-state index in [0.717, 1.165) is 0 Å². The number of ether oxygens (including phenoxy) is 1. The lowest BCUT2D eigenvalue weighted by Gasteiger charge is -2.12. The van der Waals surface area contributed by atoms with Gasteiger partial charge < -0.3 is 10.1 Å². The van der Waals surface area contributed by atoms with Crippen molar-refractivity contribution in [3.63, 3.8) is 0 Å². The zero-order valence-electron chi connectivity index (χ0n) is 16.0. The van der Waals surface area contributed by atoms with Gasteiger partial charge in [0, 0.05) is 39.2 Å². The van der Waals surface area contributed by atoms with Gasteiger partial charge in [0.15, 0.2) is 0 Å². The monoisotopic (exact) mass is 444 g/mol. The summed E-state index contributed by atoms with van der Waals surface area (Å²) < 4.78 is 5.37. The highest BCUT2D eigenvalue weighted by Gasteiger charge is 2.25. The summed E-state index contributed by atoms with van der Waals surface area (Å²) in [6, 6.07) is 12.2. The van der Waals surface area contributed by atoms with Crippen molar-refractivity contribution in [3.05, 3.63) is 80.2 Å². The molecule has 1 N–H and O–H groups in total. The van der Waals surface area contributed by atoms with Crippen LogP contribution in [0.4, 0.5) is 10.7 Å². The summed E-state index contributed by atoms with van der Waals surface area (Å²) in [6.45, 7) is 3.46. The van der Waals surface area contributed by atoms with E-state index in [1.165, 1.54) is 35.6 Å². The fourth-order valence-corrected chi connectivity index (χ4v) is 3.89. The molecule has 2 aromatic carbocycles. The molecule has 0 aliphatic carbocycles. The molecule has 0 saturated carbocycles. The number of nitrogens with one attached hydrogen (secondary N) is 1. The van der Waals surface area contributed by atoms with Gasteiger partial charge in [-0.2, -0.15) is 0 Å². The molecule has 154 valence electrons. The molecule has 0 aliphatic rings. The van der Waals surface area contributed by atoms with Gasteiger partial charge in [-0.3, -0.25) is 14.9 Å². The second kappa shape index (κ2) is 9.06. The summed E-state index contributed by atoms with van der Waals surface area (Å²) in [6.07, 6.45) is -0.352. The summed E-state index contributed by atoms with van der Waals surface area (Å²) in [5.41, 5.74) is 1.50. The van der Waals surface area contributed by atoms with Gasteiger partial charge in [0.2, 0.25) is 0 Å². The van der Waals surface area contributed by atoms with Crippen LogP contribution in [0.25, 0.3) is 11.1 Å². The minimum atomic E-state index is -0.583. The number of nitro groups is 1. The maximum Gasteiger partial charge on any atom is 0.342 e. The van der Waals surface area contributed by atoms with Crippen molar-refractivity contribution in [2.45, 2.75) is 20.0 Å². The first kappa shape index (κ1) is 21.5. The van der Waals surface area contributed by atoms with Crippen LogP contribution in [0.2, 0.25) is 5.02 Å². The molecule has 0 bridgehead atoms. The zero-order valence-corrected chi connectivity index (χ0v) is 17.6. The molecule has 3 rings (SSSR count). The van der Waals surface area contributed by atoms with Crippen molar-refractivity contribution in [1.29, 1.82) is 0 Å². The van der Waals surface area contributed by atoms with Crippen molar-refractivity contribution < 1.29 is 19.2 Å². The normalized spacial score (nSPS) is 10.7. The smallest absolute Gasteiger partial charge is 0.342 e. The van der Waals surface area contributed by atoms with E-state index in [-0.39, 0.29) is 22.9 Å². The van der Waals surface area contributed by atoms with E-state index in [4.69, 9.17) is 16.3 Å². The number of halogens is 1. The van der Waals surface area contributed by atoms with E-state index in [9.17, 15) is 19.7 Å². The van der Waals surface area contributed by atoms with Crippen LogP contribution in [0, 0.1) is 10.1 Å². The van der Waals surface area contributed by atoms with Crippen LogP contribution >= 0.6 is 22.9 Å².